The summed E-state index contributed by atoms with van der Waals surface area (Å²) in [5, 5.41) is 3.03. The monoisotopic (exact) mass is 441 g/mol. The lowest BCUT2D eigenvalue weighted by atomic mass is 9.79. The summed E-state index contributed by atoms with van der Waals surface area (Å²) in [4.78, 5) is 32.5. The topological polar surface area (TPSA) is 62.3 Å². The Hall–Kier alpha value is -3.47. The number of carbonyl (C=O) groups is 2. The van der Waals surface area contributed by atoms with Crippen LogP contribution < -0.4 is 5.32 Å². The fraction of sp³-hybridized carbons (Fsp3) is 0.321. The molecule has 2 heterocycles. The quantitative estimate of drug-likeness (QED) is 0.589. The molecule has 170 valence electrons. The fourth-order valence-electron chi connectivity index (χ4n) is 4.77. The Kier molecular flexibility index (Phi) is 6.87. The highest BCUT2D eigenvalue weighted by Crippen LogP contribution is 2.37. The van der Waals surface area contributed by atoms with Gasteiger partial charge in [-0.2, -0.15) is 0 Å². The van der Waals surface area contributed by atoms with Crippen molar-refractivity contribution in [3.63, 3.8) is 0 Å². The summed E-state index contributed by atoms with van der Waals surface area (Å²) in [6.07, 6.45) is 4.83. The van der Waals surface area contributed by atoms with E-state index < -0.39 is 5.41 Å². The molecule has 5 nitrogen and oxygen atoms in total. The number of carbonyl (C=O) groups excluding carboxylic acids is 2. The molecule has 1 fully saturated rings. The van der Waals surface area contributed by atoms with Crippen LogP contribution in [0.2, 0.25) is 0 Å². The van der Waals surface area contributed by atoms with Gasteiger partial charge in [0.1, 0.15) is 0 Å². The number of amides is 2. The zero-order valence-electron chi connectivity index (χ0n) is 19.3. The zero-order chi connectivity index (χ0) is 23.3. The van der Waals surface area contributed by atoms with E-state index in [-0.39, 0.29) is 17.7 Å². The third kappa shape index (κ3) is 4.98. The second-order valence-electron chi connectivity index (χ2n) is 8.89. The molecule has 0 spiro atoms. The summed E-state index contributed by atoms with van der Waals surface area (Å²) in [6.45, 7) is 5.49. The van der Waals surface area contributed by atoms with Gasteiger partial charge in [0, 0.05) is 32.0 Å². The molecule has 0 bridgehead atoms. The Labute approximate surface area is 195 Å². The van der Waals surface area contributed by atoms with Gasteiger partial charge in [0.05, 0.1) is 11.3 Å². The van der Waals surface area contributed by atoms with Gasteiger partial charge in [0.2, 0.25) is 11.8 Å². The summed E-state index contributed by atoms with van der Waals surface area (Å²) in [5.74, 6) is -0.119. The maximum Gasteiger partial charge on any atom is 0.229 e. The maximum absolute atomic E-state index is 13.3. The summed E-state index contributed by atoms with van der Waals surface area (Å²) < 4.78 is 0. The van der Waals surface area contributed by atoms with Gasteiger partial charge in [0.25, 0.3) is 0 Å². The van der Waals surface area contributed by atoms with Gasteiger partial charge in [0.15, 0.2) is 0 Å². The first-order valence-electron chi connectivity index (χ1n) is 11.6. The second-order valence-corrected chi connectivity index (χ2v) is 8.89. The normalized spacial score (nSPS) is 18.7. The molecule has 2 atom stereocenters. The first kappa shape index (κ1) is 22.7. The van der Waals surface area contributed by atoms with E-state index in [0.29, 0.717) is 32.5 Å². The molecule has 2 unspecified atom stereocenters. The molecule has 2 aromatic carbocycles. The van der Waals surface area contributed by atoms with E-state index in [1.807, 2.05) is 67.3 Å². The number of benzene rings is 2. The molecule has 0 saturated carbocycles. The molecule has 1 N–H and O–H groups in total. The first-order valence-corrected chi connectivity index (χ1v) is 11.6. The Bertz CT molecular complexity index is 1100. The second kappa shape index (κ2) is 9.99. The fourth-order valence-corrected chi connectivity index (χ4v) is 4.77. The van der Waals surface area contributed by atoms with E-state index in [0.717, 1.165) is 22.3 Å². The molecule has 2 amide bonds. The lowest BCUT2D eigenvalue weighted by Crippen LogP contribution is -2.45. The van der Waals surface area contributed by atoms with Crippen molar-refractivity contribution in [2.75, 3.05) is 19.6 Å². The summed E-state index contributed by atoms with van der Waals surface area (Å²) in [7, 11) is 0. The Morgan fingerprint density at radius 3 is 2.52 bits per heavy atom. The lowest BCUT2D eigenvalue weighted by molar-refractivity contribution is -0.134. The number of hydrogen-bond donors (Lipinski definition) is 1. The van der Waals surface area contributed by atoms with Crippen LogP contribution in [-0.4, -0.2) is 41.3 Å². The van der Waals surface area contributed by atoms with Gasteiger partial charge in [-0.15, -0.1) is 0 Å². The number of likely N-dealkylation sites (tertiary alicyclic amines) is 1. The van der Waals surface area contributed by atoms with Gasteiger partial charge in [-0.05, 0) is 61.1 Å². The third-order valence-corrected chi connectivity index (χ3v) is 6.64. The molecule has 1 saturated heterocycles. The predicted octanol–water partition coefficient (Wildman–Crippen LogP) is 4.45. The van der Waals surface area contributed by atoms with E-state index in [1.54, 1.807) is 12.4 Å². The van der Waals surface area contributed by atoms with Crippen LogP contribution in [0, 0.1) is 5.41 Å². The van der Waals surface area contributed by atoms with Gasteiger partial charge >= 0.3 is 0 Å². The van der Waals surface area contributed by atoms with Crippen molar-refractivity contribution in [3.05, 3.63) is 90.3 Å². The van der Waals surface area contributed by atoms with Crippen LogP contribution in [0.4, 0.5) is 0 Å². The first-order chi connectivity index (χ1) is 16.0. The van der Waals surface area contributed by atoms with Crippen LogP contribution in [0.1, 0.15) is 37.3 Å². The lowest BCUT2D eigenvalue weighted by Gasteiger charge is -2.29. The summed E-state index contributed by atoms with van der Waals surface area (Å²) in [6, 6.07) is 22.1. The smallest absolute Gasteiger partial charge is 0.229 e. The average molecular weight is 442 g/mol. The van der Waals surface area contributed by atoms with E-state index in [4.69, 9.17) is 0 Å². The van der Waals surface area contributed by atoms with E-state index >= 15 is 0 Å². The van der Waals surface area contributed by atoms with Crippen molar-refractivity contribution in [1.29, 1.82) is 0 Å². The van der Waals surface area contributed by atoms with Crippen molar-refractivity contribution in [2.45, 2.75) is 32.6 Å². The molecule has 3 aromatic rings. The number of nitrogens with one attached hydrogen (secondary N) is 1. The molecule has 1 aliphatic heterocycles. The van der Waals surface area contributed by atoms with Crippen molar-refractivity contribution in [2.24, 2.45) is 5.41 Å². The van der Waals surface area contributed by atoms with Gasteiger partial charge < -0.3 is 10.2 Å². The van der Waals surface area contributed by atoms with E-state index in [2.05, 4.69) is 28.5 Å². The minimum atomic E-state index is -0.626. The maximum atomic E-state index is 13.3. The van der Waals surface area contributed by atoms with E-state index in [1.165, 1.54) is 0 Å². The number of rotatable bonds is 7. The number of pyridine rings is 1. The number of aromatic nitrogens is 1. The molecule has 5 heteroatoms. The van der Waals surface area contributed by atoms with E-state index in [9.17, 15) is 9.59 Å². The minimum absolute atomic E-state index is 0.0296. The highest BCUT2D eigenvalue weighted by Gasteiger charge is 2.46. The molecular formula is C28H31N3O2. The van der Waals surface area contributed by atoms with Gasteiger partial charge in [-0.1, -0.05) is 54.6 Å². The predicted molar refractivity (Wildman–Crippen MR) is 131 cm³/mol. The van der Waals surface area contributed by atoms with Gasteiger partial charge in [-0.25, -0.2) is 0 Å². The number of nitrogens with zero attached hydrogens (tertiary/aromatic N) is 2. The van der Waals surface area contributed by atoms with Crippen LogP contribution in [0.15, 0.2) is 79.1 Å². The Morgan fingerprint density at radius 1 is 1.03 bits per heavy atom. The molecule has 33 heavy (non-hydrogen) atoms. The van der Waals surface area contributed by atoms with Crippen molar-refractivity contribution in [1.82, 2.24) is 15.2 Å². The average Bonchev–Trinajstić information content (AvgIpc) is 3.30. The molecule has 0 radical (unpaired) electrons. The minimum Gasteiger partial charge on any atom is -0.356 e. The molecule has 1 aliphatic rings. The summed E-state index contributed by atoms with van der Waals surface area (Å²) >= 11 is 0. The zero-order valence-corrected chi connectivity index (χ0v) is 19.3. The van der Waals surface area contributed by atoms with Crippen molar-refractivity contribution < 1.29 is 9.59 Å². The van der Waals surface area contributed by atoms with Crippen molar-refractivity contribution >= 4 is 11.8 Å². The van der Waals surface area contributed by atoms with Crippen LogP contribution in [0.3, 0.4) is 0 Å². The van der Waals surface area contributed by atoms with Crippen LogP contribution >= 0.6 is 0 Å². The van der Waals surface area contributed by atoms with Crippen molar-refractivity contribution in [3.8, 4) is 11.1 Å². The Balaban J connectivity index is 1.57. The molecule has 1 aromatic heterocycles. The molecular weight excluding hydrogens is 410 g/mol. The van der Waals surface area contributed by atoms with Crippen LogP contribution in [0.5, 0.6) is 0 Å². The SMILES string of the molecule is CCNC(=O)C1(Cc2cccc(-c3ccncc3)c2)CCN(C(=O)C(C)c2ccccc2)C1. The highest BCUT2D eigenvalue weighted by molar-refractivity contribution is 5.88. The standard InChI is InChI=1S/C28H31N3O2/c1-3-30-27(33)28(19-22-8-7-11-25(18-22)24-12-15-29-16-13-24)14-17-31(20-28)26(32)21(2)23-9-5-4-6-10-23/h4-13,15-16,18,21H,3,14,17,19-20H2,1-2H3,(H,30,33). The molecule has 0 aliphatic carbocycles. The highest BCUT2D eigenvalue weighted by atomic mass is 16.2. The number of hydrogen-bond acceptors (Lipinski definition) is 3. The summed E-state index contributed by atoms with van der Waals surface area (Å²) in [5.41, 5.74) is 3.67. The largest absolute Gasteiger partial charge is 0.356 e. The van der Waals surface area contributed by atoms with Gasteiger partial charge in [-0.3, -0.25) is 14.6 Å². The third-order valence-electron chi connectivity index (χ3n) is 6.64. The van der Waals surface area contributed by atoms with Crippen LogP contribution in [-0.2, 0) is 16.0 Å². The van der Waals surface area contributed by atoms with Crippen LogP contribution in [0.25, 0.3) is 11.1 Å². The Morgan fingerprint density at radius 2 is 1.79 bits per heavy atom. The molecule has 4 rings (SSSR count).